The van der Waals surface area contributed by atoms with Crippen molar-refractivity contribution in [3.05, 3.63) is 34.4 Å². The van der Waals surface area contributed by atoms with Crippen LogP contribution in [0, 0.1) is 0 Å². The van der Waals surface area contributed by atoms with Gasteiger partial charge in [0.15, 0.2) is 0 Å². The van der Waals surface area contributed by atoms with Crippen molar-refractivity contribution in [2.24, 2.45) is 0 Å². The number of hydrogen-bond donors (Lipinski definition) is 2. The summed E-state index contributed by atoms with van der Waals surface area (Å²) in [6, 6.07) is 0. The van der Waals surface area contributed by atoms with E-state index in [1.807, 2.05) is 0 Å². The van der Waals surface area contributed by atoms with Crippen LogP contribution < -0.4 is 10.6 Å². The van der Waals surface area contributed by atoms with Crippen LogP contribution >= 0.6 is 11.3 Å². The lowest BCUT2D eigenvalue weighted by Crippen LogP contribution is -2.41. The third-order valence-electron chi connectivity index (χ3n) is 2.81. The van der Waals surface area contributed by atoms with Crippen molar-refractivity contribution in [1.82, 2.24) is 20.8 Å². The highest BCUT2D eigenvalue weighted by Crippen LogP contribution is 2.31. The largest absolute Gasteiger partial charge is 0.386 e. The van der Waals surface area contributed by atoms with Gasteiger partial charge in [0.25, 0.3) is 0 Å². The van der Waals surface area contributed by atoms with Gasteiger partial charge in [0.2, 0.25) is 0 Å². The first kappa shape index (κ1) is 12.3. The molecule has 1 heterocycles. The summed E-state index contributed by atoms with van der Waals surface area (Å²) in [6.45, 7) is 6.07. The molecule has 0 bridgehead atoms. The highest BCUT2D eigenvalue weighted by molar-refractivity contribution is 7.09. The predicted molar refractivity (Wildman–Crippen MR) is 70.8 cm³/mol. The Morgan fingerprint density at radius 3 is 2.82 bits per heavy atom. The number of hydrogen-bond acceptors (Lipinski definition) is 5. The molecule has 4 nitrogen and oxygen atoms in total. The van der Waals surface area contributed by atoms with Crippen molar-refractivity contribution in [3.8, 4) is 0 Å². The molecule has 5 heteroatoms. The number of nitrogens with one attached hydrogen (secondary N) is 2. The molecule has 0 saturated carbocycles. The first-order valence-electron chi connectivity index (χ1n) is 5.95. The van der Waals surface area contributed by atoms with Crippen molar-refractivity contribution in [2.45, 2.75) is 25.8 Å². The average molecular weight is 250 g/mol. The van der Waals surface area contributed by atoms with E-state index in [4.69, 9.17) is 0 Å². The lowest BCUT2D eigenvalue weighted by atomic mass is 9.90. The molecule has 1 aliphatic carbocycles. The minimum Gasteiger partial charge on any atom is -0.386 e. The Kier molecular flexibility index (Phi) is 3.91. The lowest BCUT2D eigenvalue weighted by molar-refractivity contribution is 0.421. The van der Waals surface area contributed by atoms with Gasteiger partial charge in [0.05, 0.1) is 5.54 Å². The smallest absolute Gasteiger partial charge is 0.141 e. The number of nitrogens with zero attached hydrogens (tertiary/aromatic N) is 2. The first-order valence-corrected chi connectivity index (χ1v) is 6.83. The molecular formula is C12H18N4S. The van der Waals surface area contributed by atoms with E-state index >= 15 is 0 Å². The third-order valence-corrected chi connectivity index (χ3v) is 3.68. The molecule has 0 saturated heterocycles. The molecule has 0 fully saturated rings. The fourth-order valence-electron chi connectivity index (χ4n) is 2.02. The molecule has 0 radical (unpaired) electrons. The molecule has 1 aromatic rings. The second kappa shape index (κ2) is 5.42. The van der Waals surface area contributed by atoms with Crippen LogP contribution in [0.5, 0.6) is 0 Å². The van der Waals surface area contributed by atoms with Crippen molar-refractivity contribution < 1.29 is 0 Å². The topological polar surface area (TPSA) is 49.8 Å². The highest BCUT2D eigenvalue weighted by atomic mass is 32.1. The van der Waals surface area contributed by atoms with Crippen LogP contribution in [0.3, 0.4) is 0 Å². The maximum atomic E-state index is 4.21. The fourth-order valence-corrected chi connectivity index (χ4v) is 2.74. The quantitative estimate of drug-likeness (QED) is 0.836. The average Bonchev–Trinajstić information content (AvgIpc) is 2.87. The molecule has 1 unspecified atom stereocenters. The second-order valence-corrected chi connectivity index (χ2v) is 4.81. The zero-order chi connectivity index (χ0) is 12.1. The van der Waals surface area contributed by atoms with E-state index in [2.05, 4.69) is 52.9 Å². The zero-order valence-corrected chi connectivity index (χ0v) is 11.0. The van der Waals surface area contributed by atoms with Gasteiger partial charge in [0.1, 0.15) is 10.5 Å². The monoisotopic (exact) mass is 250 g/mol. The fraction of sp³-hybridized carbons (Fsp3) is 0.500. The van der Waals surface area contributed by atoms with E-state index in [-0.39, 0.29) is 5.54 Å². The van der Waals surface area contributed by atoms with Crippen molar-refractivity contribution in [2.75, 3.05) is 13.1 Å². The van der Waals surface area contributed by atoms with Gasteiger partial charge >= 0.3 is 0 Å². The summed E-state index contributed by atoms with van der Waals surface area (Å²) >= 11 is 1.60. The highest BCUT2D eigenvalue weighted by Gasteiger charge is 2.32. The van der Waals surface area contributed by atoms with E-state index in [0.29, 0.717) is 0 Å². The molecule has 1 aliphatic rings. The van der Waals surface area contributed by atoms with E-state index < -0.39 is 0 Å². The Morgan fingerprint density at radius 2 is 2.29 bits per heavy atom. The maximum absolute atomic E-state index is 4.21. The van der Waals surface area contributed by atoms with Crippen LogP contribution in [0.4, 0.5) is 0 Å². The summed E-state index contributed by atoms with van der Waals surface area (Å²) in [5.74, 6) is 0. The summed E-state index contributed by atoms with van der Waals surface area (Å²) < 4.78 is 0. The molecule has 0 aliphatic heterocycles. The van der Waals surface area contributed by atoms with Gasteiger partial charge in [-0.2, -0.15) is 0 Å². The predicted octanol–water partition coefficient (Wildman–Crippen LogP) is 1.80. The van der Waals surface area contributed by atoms with Crippen LogP contribution in [0.25, 0.3) is 0 Å². The Hall–Kier alpha value is -1.20. The molecule has 0 aromatic carbocycles. The van der Waals surface area contributed by atoms with Crippen LogP contribution in [0.1, 0.15) is 25.3 Å². The summed E-state index contributed by atoms with van der Waals surface area (Å²) in [6.07, 6.45) is 7.44. The van der Waals surface area contributed by atoms with Crippen LogP contribution in [-0.2, 0) is 5.54 Å². The Labute approximate surface area is 106 Å². The van der Waals surface area contributed by atoms with E-state index in [0.717, 1.165) is 24.5 Å². The van der Waals surface area contributed by atoms with Crippen LogP contribution in [0.15, 0.2) is 29.4 Å². The minimum atomic E-state index is -0.172. The number of likely N-dealkylation sites (N-methyl/N-ethyl adjacent to an activating group) is 2. The molecular weight excluding hydrogens is 232 g/mol. The Bertz CT molecular complexity index is 410. The van der Waals surface area contributed by atoms with Gasteiger partial charge < -0.3 is 10.6 Å². The van der Waals surface area contributed by atoms with Gasteiger partial charge in [-0.15, -0.1) is 21.5 Å². The third kappa shape index (κ3) is 2.56. The first-order chi connectivity index (χ1) is 8.30. The molecule has 17 heavy (non-hydrogen) atoms. The second-order valence-electron chi connectivity index (χ2n) is 3.97. The standard InChI is InChI=1S/C12H18N4S/c1-3-13-10-5-7-12(8-6-10,14-4-2)11-16-15-9-17-11/h5-7,9,13-14H,3-4,8H2,1-2H3. The molecule has 92 valence electrons. The van der Waals surface area contributed by atoms with Crippen molar-refractivity contribution in [1.29, 1.82) is 0 Å². The maximum Gasteiger partial charge on any atom is 0.141 e. The van der Waals surface area contributed by atoms with Crippen molar-refractivity contribution >= 4 is 11.3 Å². The summed E-state index contributed by atoms with van der Waals surface area (Å²) in [7, 11) is 0. The SMILES string of the molecule is CCNC1=CCC(NCC)(c2nncs2)C=C1. The number of aromatic nitrogens is 2. The normalized spacial score (nSPS) is 23.5. The molecule has 2 rings (SSSR count). The summed E-state index contributed by atoms with van der Waals surface area (Å²) in [4.78, 5) is 0. The molecule has 0 spiro atoms. The van der Waals surface area contributed by atoms with Gasteiger partial charge in [-0.05, 0) is 26.0 Å². The number of rotatable bonds is 5. The Balaban J connectivity index is 2.20. The lowest BCUT2D eigenvalue weighted by Gasteiger charge is -2.30. The van der Waals surface area contributed by atoms with Gasteiger partial charge in [-0.25, -0.2) is 0 Å². The summed E-state index contributed by atoms with van der Waals surface area (Å²) in [5, 5.41) is 16.0. The molecule has 0 amide bonds. The molecule has 1 atom stereocenters. The van der Waals surface area contributed by atoms with Gasteiger partial charge in [0, 0.05) is 12.2 Å². The molecule has 1 aromatic heterocycles. The zero-order valence-electron chi connectivity index (χ0n) is 10.2. The number of allylic oxidation sites excluding steroid dienone is 1. The van der Waals surface area contributed by atoms with Gasteiger partial charge in [-0.1, -0.05) is 19.1 Å². The summed E-state index contributed by atoms with van der Waals surface area (Å²) in [5.41, 5.74) is 2.80. The Morgan fingerprint density at radius 1 is 1.41 bits per heavy atom. The minimum absolute atomic E-state index is 0.172. The van der Waals surface area contributed by atoms with E-state index in [1.54, 1.807) is 16.8 Å². The van der Waals surface area contributed by atoms with Gasteiger partial charge in [-0.3, -0.25) is 0 Å². The van der Waals surface area contributed by atoms with Crippen LogP contribution in [-0.4, -0.2) is 23.3 Å². The van der Waals surface area contributed by atoms with Crippen molar-refractivity contribution in [3.63, 3.8) is 0 Å². The van der Waals surface area contributed by atoms with E-state index in [1.165, 1.54) is 5.70 Å². The van der Waals surface area contributed by atoms with E-state index in [9.17, 15) is 0 Å². The van der Waals surface area contributed by atoms with Crippen LogP contribution in [0.2, 0.25) is 0 Å². The molecule has 2 N–H and O–H groups in total.